The Hall–Kier alpha value is -2.21. The molecule has 21 heavy (non-hydrogen) atoms. The van der Waals surface area contributed by atoms with Gasteiger partial charge in [0.25, 0.3) is 0 Å². The lowest BCUT2D eigenvalue weighted by molar-refractivity contribution is 0.0689. The van der Waals surface area contributed by atoms with Crippen LogP contribution in [0.3, 0.4) is 0 Å². The second-order valence-corrected chi connectivity index (χ2v) is 6.31. The van der Waals surface area contributed by atoms with Crippen molar-refractivity contribution in [2.45, 2.75) is 20.3 Å². The Morgan fingerprint density at radius 3 is 2.67 bits per heavy atom. The third-order valence-corrected chi connectivity index (χ3v) is 4.01. The fourth-order valence-electron chi connectivity index (χ4n) is 2.21. The molecular weight excluding hydrogens is 286 g/mol. The van der Waals surface area contributed by atoms with Crippen molar-refractivity contribution in [2.75, 3.05) is 0 Å². The Bertz CT molecular complexity index is 790. The molecule has 0 bridgehead atoms. The van der Waals surface area contributed by atoms with Crippen molar-refractivity contribution >= 4 is 22.3 Å². The number of rotatable bonds is 4. The molecule has 0 spiro atoms. The highest BCUT2D eigenvalue weighted by Crippen LogP contribution is 2.27. The molecule has 0 atom stereocenters. The summed E-state index contributed by atoms with van der Waals surface area (Å²) in [5.74, 6) is -0.537. The van der Waals surface area contributed by atoms with E-state index in [4.69, 9.17) is 0 Å². The van der Waals surface area contributed by atoms with Crippen LogP contribution in [0.1, 0.15) is 29.3 Å². The zero-order valence-electron chi connectivity index (χ0n) is 11.8. The molecule has 0 aliphatic carbocycles. The quantitative estimate of drug-likeness (QED) is 0.802. The molecule has 0 fully saturated rings. The number of hydrogen-bond acceptors (Lipinski definition) is 4. The molecule has 0 unspecified atom stereocenters. The lowest BCUT2D eigenvalue weighted by atomic mass is 10.1. The first kappa shape index (κ1) is 13.8. The second-order valence-electron chi connectivity index (χ2n) is 5.27. The molecule has 0 aliphatic heterocycles. The Morgan fingerprint density at radius 2 is 2.05 bits per heavy atom. The van der Waals surface area contributed by atoms with E-state index in [-0.39, 0.29) is 5.69 Å². The van der Waals surface area contributed by atoms with Gasteiger partial charge in [-0.1, -0.05) is 55.5 Å². The summed E-state index contributed by atoms with van der Waals surface area (Å²) in [6.45, 7) is 4.22. The van der Waals surface area contributed by atoms with Crippen LogP contribution < -0.4 is 0 Å². The standard InChI is InChI=1S/C15H15N3O2S/c1-9(2)8-11-17-18-13(14(19)20)12(16-15(18)21-11)10-6-4-3-5-7-10/h3-7,9H,8H2,1-2H3,(H,19,20). The fraction of sp³-hybridized carbons (Fsp3) is 0.267. The maximum absolute atomic E-state index is 11.6. The number of imidazole rings is 1. The average molecular weight is 301 g/mol. The largest absolute Gasteiger partial charge is 0.476 e. The van der Waals surface area contributed by atoms with Gasteiger partial charge in [0.1, 0.15) is 10.7 Å². The highest BCUT2D eigenvalue weighted by molar-refractivity contribution is 7.16. The van der Waals surface area contributed by atoms with E-state index in [0.717, 1.165) is 17.0 Å². The molecule has 2 heterocycles. The van der Waals surface area contributed by atoms with E-state index in [1.165, 1.54) is 15.9 Å². The summed E-state index contributed by atoms with van der Waals surface area (Å²) in [4.78, 5) is 16.7. The summed E-state index contributed by atoms with van der Waals surface area (Å²) in [5.41, 5.74) is 1.39. The first-order valence-electron chi connectivity index (χ1n) is 6.73. The summed E-state index contributed by atoms with van der Waals surface area (Å²) >= 11 is 1.45. The number of nitrogens with zero attached hydrogens (tertiary/aromatic N) is 3. The van der Waals surface area contributed by atoms with Crippen LogP contribution in [0.5, 0.6) is 0 Å². The lowest BCUT2D eigenvalue weighted by Gasteiger charge is -2.00. The number of carboxylic acids is 1. The number of carboxylic acid groups (broad SMARTS) is 1. The zero-order chi connectivity index (χ0) is 15.0. The van der Waals surface area contributed by atoms with Crippen molar-refractivity contribution in [1.29, 1.82) is 0 Å². The van der Waals surface area contributed by atoms with Gasteiger partial charge < -0.3 is 5.11 Å². The van der Waals surface area contributed by atoms with E-state index in [9.17, 15) is 9.90 Å². The first-order valence-corrected chi connectivity index (χ1v) is 7.55. The molecule has 1 aromatic carbocycles. The minimum Gasteiger partial charge on any atom is -0.476 e. The molecule has 0 radical (unpaired) electrons. The van der Waals surface area contributed by atoms with Crippen molar-refractivity contribution in [1.82, 2.24) is 14.6 Å². The summed E-state index contributed by atoms with van der Waals surface area (Å²) in [5, 5.41) is 14.8. The second kappa shape index (κ2) is 5.29. The smallest absolute Gasteiger partial charge is 0.356 e. The maximum atomic E-state index is 11.6. The molecule has 0 aliphatic rings. The molecule has 0 saturated carbocycles. The van der Waals surface area contributed by atoms with E-state index < -0.39 is 5.97 Å². The summed E-state index contributed by atoms with van der Waals surface area (Å²) in [7, 11) is 0. The monoisotopic (exact) mass is 301 g/mol. The summed E-state index contributed by atoms with van der Waals surface area (Å²) in [6, 6.07) is 9.33. The molecule has 3 aromatic rings. The Balaban J connectivity index is 2.16. The summed E-state index contributed by atoms with van der Waals surface area (Å²) < 4.78 is 1.45. The van der Waals surface area contributed by atoms with Crippen LogP contribution in [0, 0.1) is 5.92 Å². The third-order valence-electron chi connectivity index (χ3n) is 3.08. The van der Waals surface area contributed by atoms with Crippen LogP contribution >= 0.6 is 11.3 Å². The number of fused-ring (bicyclic) bond motifs is 1. The predicted molar refractivity (Wildman–Crippen MR) is 81.8 cm³/mol. The molecule has 108 valence electrons. The number of hydrogen-bond donors (Lipinski definition) is 1. The van der Waals surface area contributed by atoms with Gasteiger partial charge in [-0.2, -0.15) is 9.61 Å². The topological polar surface area (TPSA) is 67.5 Å². The SMILES string of the molecule is CC(C)Cc1nn2c(C(=O)O)c(-c3ccccc3)nc2s1. The molecular formula is C15H15N3O2S. The van der Waals surface area contributed by atoms with Crippen LogP contribution in [-0.2, 0) is 6.42 Å². The highest BCUT2D eigenvalue weighted by Gasteiger charge is 2.23. The van der Waals surface area contributed by atoms with Crippen molar-refractivity contribution in [3.8, 4) is 11.3 Å². The highest BCUT2D eigenvalue weighted by atomic mass is 32.1. The number of carbonyl (C=O) groups is 1. The van der Waals surface area contributed by atoms with Crippen LogP contribution in [0.2, 0.25) is 0 Å². The van der Waals surface area contributed by atoms with Gasteiger partial charge in [-0.05, 0) is 5.92 Å². The minimum atomic E-state index is -1.01. The number of benzene rings is 1. The molecule has 0 amide bonds. The maximum Gasteiger partial charge on any atom is 0.356 e. The van der Waals surface area contributed by atoms with Crippen LogP contribution in [0.15, 0.2) is 30.3 Å². The van der Waals surface area contributed by atoms with E-state index >= 15 is 0 Å². The number of aromatic nitrogens is 3. The van der Waals surface area contributed by atoms with Gasteiger partial charge in [0.05, 0.1) is 0 Å². The molecule has 5 nitrogen and oxygen atoms in total. The van der Waals surface area contributed by atoms with E-state index in [0.29, 0.717) is 16.6 Å². The van der Waals surface area contributed by atoms with E-state index in [2.05, 4.69) is 23.9 Å². The van der Waals surface area contributed by atoms with Gasteiger partial charge >= 0.3 is 5.97 Å². The van der Waals surface area contributed by atoms with Crippen molar-refractivity contribution < 1.29 is 9.90 Å². The average Bonchev–Trinajstić information content (AvgIpc) is 2.95. The van der Waals surface area contributed by atoms with Gasteiger partial charge in [-0.25, -0.2) is 9.78 Å². The Labute approximate surface area is 125 Å². The molecule has 1 N–H and O–H groups in total. The van der Waals surface area contributed by atoms with Crippen LogP contribution in [-0.4, -0.2) is 25.7 Å². The van der Waals surface area contributed by atoms with E-state index in [1.54, 1.807) is 0 Å². The lowest BCUT2D eigenvalue weighted by Crippen LogP contribution is -2.05. The van der Waals surface area contributed by atoms with Gasteiger partial charge in [-0.15, -0.1) is 0 Å². The van der Waals surface area contributed by atoms with Crippen molar-refractivity contribution in [3.05, 3.63) is 41.0 Å². The van der Waals surface area contributed by atoms with Gasteiger partial charge in [0.2, 0.25) is 4.96 Å². The van der Waals surface area contributed by atoms with Gasteiger partial charge in [-0.3, -0.25) is 0 Å². The van der Waals surface area contributed by atoms with Crippen LogP contribution in [0.4, 0.5) is 0 Å². The Kier molecular flexibility index (Phi) is 3.47. The minimum absolute atomic E-state index is 0.127. The molecule has 6 heteroatoms. The predicted octanol–water partition coefficient (Wildman–Crippen LogP) is 3.35. The van der Waals surface area contributed by atoms with E-state index in [1.807, 2.05) is 30.3 Å². The molecule has 0 saturated heterocycles. The molecule has 3 rings (SSSR count). The summed E-state index contributed by atoms with van der Waals surface area (Å²) in [6.07, 6.45) is 0.827. The third kappa shape index (κ3) is 2.54. The van der Waals surface area contributed by atoms with Gasteiger partial charge in [0, 0.05) is 12.0 Å². The Morgan fingerprint density at radius 1 is 1.33 bits per heavy atom. The fourth-order valence-corrected chi connectivity index (χ4v) is 3.31. The van der Waals surface area contributed by atoms with Crippen molar-refractivity contribution in [3.63, 3.8) is 0 Å². The van der Waals surface area contributed by atoms with Crippen molar-refractivity contribution in [2.24, 2.45) is 5.92 Å². The zero-order valence-corrected chi connectivity index (χ0v) is 12.6. The van der Waals surface area contributed by atoms with Gasteiger partial charge in [0.15, 0.2) is 5.69 Å². The normalized spacial score (nSPS) is 11.4. The first-order chi connectivity index (χ1) is 10.1. The number of aromatic carboxylic acids is 1. The molecule has 2 aromatic heterocycles. The van der Waals surface area contributed by atoms with Crippen LogP contribution in [0.25, 0.3) is 16.2 Å².